The van der Waals surface area contributed by atoms with Crippen LogP contribution in [-0.4, -0.2) is 19.0 Å². The van der Waals surface area contributed by atoms with Crippen LogP contribution in [0.5, 0.6) is 11.5 Å². The first-order valence-corrected chi connectivity index (χ1v) is 15.4. The van der Waals surface area contributed by atoms with Crippen molar-refractivity contribution in [2.75, 3.05) is 7.11 Å². The largest absolute Gasteiger partial charge is 0.495 e. The van der Waals surface area contributed by atoms with Crippen molar-refractivity contribution in [2.24, 2.45) is 10.8 Å². The van der Waals surface area contributed by atoms with Crippen LogP contribution in [0.3, 0.4) is 0 Å². The molecule has 0 bridgehead atoms. The highest BCUT2D eigenvalue weighted by Gasteiger charge is 2.37. The van der Waals surface area contributed by atoms with Crippen LogP contribution in [0.1, 0.15) is 103 Å². The summed E-state index contributed by atoms with van der Waals surface area (Å²) in [6.45, 7) is 21.6. The molecule has 2 heterocycles. The smallest absolute Gasteiger partial charge is 0.200 e. The second-order valence-electron chi connectivity index (χ2n) is 14.6. The standard InChI is InChI=1S/C39H46O4/c1-22(2)24-12-14-32-28(16-24)26(20-34(42-32)38(5,6)7)18-30-36(40)31(37(30)41-11)19-27-21-35(39(8,9)10)43-33-15-13-25(23(3)4)17-29(27)33/h12-23,34H,1-11H3/b27-19+,30-18+. The maximum Gasteiger partial charge on any atom is 0.200 e. The first-order chi connectivity index (χ1) is 20.1. The third-order valence-corrected chi connectivity index (χ3v) is 8.43. The molecule has 4 heteroatoms. The first-order valence-electron chi connectivity index (χ1n) is 15.4. The zero-order valence-corrected chi connectivity index (χ0v) is 27.6. The van der Waals surface area contributed by atoms with Gasteiger partial charge in [0.05, 0.1) is 18.3 Å². The van der Waals surface area contributed by atoms with E-state index in [4.69, 9.17) is 14.2 Å². The molecule has 226 valence electrons. The van der Waals surface area contributed by atoms with Crippen molar-refractivity contribution in [3.05, 3.63) is 106 Å². The molecule has 3 aliphatic rings. The minimum atomic E-state index is -0.192. The van der Waals surface area contributed by atoms with Crippen molar-refractivity contribution in [1.29, 1.82) is 0 Å². The fourth-order valence-corrected chi connectivity index (χ4v) is 5.52. The molecule has 1 aliphatic carbocycles. The Morgan fingerprint density at radius 2 is 1.44 bits per heavy atom. The van der Waals surface area contributed by atoms with Crippen molar-refractivity contribution in [2.45, 2.75) is 87.2 Å². The van der Waals surface area contributed by atoms with Gasteiger partial charge in [-0.25, -0.2) is 0 Å². The zero-order valence-electron chi connectivity index (χ0n) is 27.6. The van der Waals surface area contributed by atoms with Gasteiger partial charge in [0, 0.05) is 22.0 Å². The predicted octanol–water partition coefficient (Wildman–Crippen LogP) is 9.94. The van der Waals surface area contributed by atoms with E-state index in [1.807, 2.05) is 18.2 Å². The minimum absolute atomic E-state index is 0.0237. The van der Waals surface area contributed by atoms with Gasteiger partial charge in [0.1, 0.15) is 29.1 Å². The summed E-state index contributed by atoms with van der Waals surface area (Å²) < 4.78 is 18.7. The second-order valence-corrected chi connectivity index (χ2v) is 14.6. The number of fused-ring (bicyclic) bond motifs is 2. The van der Waals surface area contributed by atoms with Gasteiger partial charge in [-0.05, 0) is 82.7 Å². The number of carbonyl (C=O) groups excluding carboxylic acids is 1. The molecule has 0 saturated heterocycles. The van der Waals surface area contributed by atoms with Crippen LogP contribution in [0, 0.1) is 10.8 Å². The Hall–Kier alpha value is -3.79. The highest BCUT2D eigenvalue weighted by atomic mass is 16.5. The van der Waals surface area contributed by atoms with E-state index in [-0.39, 0.29) is 22.7 Å². The number of methoxy groups -OCH3 is 1. The monoisotopic (exact) mass is 578 g/mol. The van der Waals surface area contributed by atoms with Crippen molar-refractivity contribution in [1.82, 2.24) is 0 Å². The molecule has 1 unspecified atom stereocenters. The molecule has 2 aliphatic heterocycles. The molecule has 0 saturated carbocycles. The van der Waals surface area contributed by atoms with E-state index in [0.717, 1.165) is 39.5 Å². The van der Waals surface area contributed by atoms with Gasteiger partial charge in [-0.15, -0.1) is 0 Å². The Morgan fingerprint density at radius 1 is 0.837 bits per heavy atom. The lowest BCUT2D eigenvalue weighted by atomic mass is 9.80. The number of ketones is 1. The van der Waals surface area contributed by atoms with Crippen molar-refractivity contribution >= 4 is 16.9 Å². The van der Waals surface area contributed by atoms with E-state index >= 15 is 0 Å². The summed E-state index contributed by atoms with van der Waals surface area (Å²) in [5, 5.41) is 0. The summed E-state index contributed by atoms with van der Waals surface area (Å²) in [5.74, 6) is 3.85. The number of benzene rings is 2. The Kier molecular flexibility index (Phi) is 7.88. The lowest BCUT2D eigenvalue weighted by Gasteiger charge is -2.34. The Balaban J connectivity index is 1.63. The Labute approximate surface area is 257 Å². The number of hydrogen-bond acceptors (Lipinski definition) is 4. The summed E-state index contributed by atoms with van der Waals surface area (Å²) in [4.78, 5) is 13.8. The quantitative estimate of drug-likeness (QED) is 0.331. The third-order valence-electron chi connectivity index (χ3n) is 8.43. The molecule has 43 heavy (non-hydrogen) atoms. The molecule has 0 aromatic heterocycles. The van der Waals surface area contributed by atoms with Crippen LogP contribution in [0.2, 0.25) is 0 Å². The molecule has 0 spiro atoms. The van der Waals surface area contributed by atoms with Crippen LogP contribution in [0.15, 0.2) is 83.4 Å². The number of ether oxygens (including phenoxy) is 3. The average Bonchev–Trinajstić information content (AvgIpc) is 2.94. The van der Waals surface area contributed by atoms with E-state index in [1.54, 1.807) is 7.11 Å². The topological polar surface area (TPSA) is 44.8 Å². The number of allylic oxidation sites excluding steroid dienone is 8. The molecule has 2 aromatic rings. The maximum absolute atomic E-state index is 13.8. The predicted molar refractivity (Wildman–Crippen MR) is 176 cm³/mol. The molecular formula is C39H46O4. The Bertz CT molecular complexity index is 1620. The van der Waals surface area contributed by atoms with Gasteiger partial charge in [0.15, 0.2) is 0 Å². The van der Waals surface area contributed by atoms with Gasteiger partial charge in [-0.1, -0.05) is 81.4 Å². The van der Waals surface area contributed by atoms with Crippen LogP contribution >= 0.6 is 0 Å². The van der Waals surface area contributed by atoms with Crippen LogP contribution in [0.4, 0.5) is 0 Å². The molecule has 0 fully saturated rings. The fourth-order valence-electron chi connectivity index (χ4n) is 5.52. The number of Topliss-reactive ketones (excluding diaryl/α,β-unsaturated/α-hetero) is 1. The molecule has 2 aromatic carbocycles. The zero-order chi connectivity index (χ0) is 31.4. The van der Waals surface area contributed by atoms with Gasteiger partial charge in [0.2, 0.25) is 5.78 Å². The number of rotatable bonds is 5. The summed E-state index contributed by atoms with van der Waals surface area (Å²) in [6.07, 6.45) is 8.05. The van der Waals surface area contributed by atoms with E-state index in [9.17, 15) is 4.79 Å². The van der Waals surface area contributed by atoms with Gasteiger partial charge >= 0.3 is 0 Å². The van der Waals surface area contributed by atoms with E-state index in [2.05, 4.69) is 112 Å². The molecule has 1 atom stereocenters. The fraction of sp³-hybridized carbons (Fsp3) is 0.410. The van der Waals surface area contributed by atoms with E-state index in [0.29, 0.717) is 28.7 Å². The maximum atomic E-state index is 13.8. The van der Waals surface area contributed by atoms with E-state index in [1.165, 1.54) is 11.1 Å². The van der Waals surface area contributed by atoms with Crippen LogP contribution in [0.25, 0.3) is 11.1 Å². The third kappa shape index (κ3) is 5.89. The molecule has 0 amide bonds. The molecule has 4 nitrogen and oxygen atoms in total. The highest BCUT2D eigenvalue weighted by Crippen LogP contribution is 2.45. The van der Waals surface area contributed by atoms with Gasteiger partial charge in [-0.3, -0.25) is 4.79 Å². The SMILES string of the molecule is COC1=C(/C=C2\C=C(C(C)(C)C)Oc3ccc(C(C)C)cc32)C(=O)/C1=C\C1=CC(C(C)(C)C)Oc2ccc(C(C)C)cc21. The average molecular weight is 579 g/mol. The van der Waals surface area contributed by atoms with Crippen molar-refractivity contribution in [3.63, 3.8) is 0 Å². The number of carbonyl (C=O) groups is 1. The van der Waals surface area contributed by atoms with Crippen molar-refractivity contribution < 1.29 is 19.0 Å². The lowest BCUT2D eigenvalue weighted by molar-refractivity contribution is -0.113. The Morgan fingerprint density at radius 3 is 2.00 bits per heavy atom. The van der Waals surface area contributed by atoms with Crippen LogP contribution in [-0.2, 0) is 9.53 Å². The lowest BCUT2D eigenvalue weighted by Crippen LogP contribution is -2.32. The summed E-state index contributed by atoms with van der Waals surface area (Å²) in [7, 11) is 1.64. The van der Waals surface area contributed by atoms with Gasteiger partial charge in [0.25, 0.3) is 0 Å². The normalized spacial score (nSPS) is 20.4. The number of hydrogen-bond donors (Lipinski definition) is 0. The van der Waals surface area contributed by atoms with Crippen LogP contribution < -0.4 is 9.47 Å². The summed E-state index contributed by atoms with van der Waals surface area (Å²) in [6, 6.07) is 12.7. The first kappa shape index (κ1) is 30.7. The molecular weight excluding hydrogens is 532 g/mol. The van der Waals surface area contributed by atoms with E-state index < -0.39 is 0 Å². The minimum Gasteiger partial charge on any atom is -0.495 e. The highest BCUT2D eigenvalue weighted by molar-refractivity contribution is 6.23. The van der Waals surface area contributed by atoms with Gasteiger partial charge < -0.3 is 14.2 Å². The molecule has 5 rings (SSSR count). The van der Waals surface area contributed by atoms with Crippen molar-refractivity contribution in [3.8, 4) is 11.5 Å². The summed E-state index contributed by atoms with van der Waals surface area (Å²) in [5.41, 5.74) is 7.25. The molecule has 0 N–H and O–H groups in total. The van der Waals surface area contributed by atoms with Gasteiger partial charge in [-0.2, -0.15) is 0 Å². The summed E-state index contributed by atoms with van der Waals surface area (Å²) >= 11 is 0. The second kappa shape index (κ2) is 11.0. The molecule has 0 radical (unpaired) electrons.